The van der Waals surface area contributed by atoms with Crippen molar-refractivity contribution in [2.24, 2.45) is 5.73 Å². The van der Waals surface area contributed by atoms with Gasteiger partial charge in [0, 0.05) is 84.2 Å². The van der Waals surface area contributed by atoms with Gasteiger partial charge >= 0.3 is 11.4 Å². The quantitative estimate of drug-likeness (QED) is 0.187. The zero-order valence-electron chi connectivity index (χ0n) is 31.3. The number of nitrogens with one attached hydrogen (secondary N) is 1. The second-order valence-corrected chi connectivity index (χ2v) is 15.6. The first-order valence-electron chi connectivity index (χ1n) is 19.4. The van der Waals surface area contributed by atoms with E-state index in [1.165, 1.54) is 0 Å². The molecule has 8 aromatic rings. The maximum absolute atomic E-state index is 13.0. The van der Waals surface area contributed by atoms with Crippen LogP contribution < -0.4 is 22.4 Å². The lowest BCUT2D eigenvalue weighted by Gasteiger charge is -2.36. The van der Waals surface area contributed by atoms with Crippen LogP contribution in [0.15, 0.2) is 95.3 Å². The van der Waals surface area contributed by atoms with Crippen molar-refractivity contribution in [3.63, 3.8) is 0 Å². The average Bonchev–Trinajstić information content (AvgIpc) is 4.16. The lowest BCUT2D eigenvalue weighted by molar-refractivity contribution is 0.264. The fourth-order valence-corrected chi connectivity index (χ4v) is 7.97. The van der Waals surface area contributed by atoms with E-state index >= 15 is 0 Å². The third-order valence-corrected chi connectivity index (χ3v) is 11.3. The maximum atomic E-state index is 13.0. The van der Waals surface area contributed by atoms with E-state index in [0.717, 1.165) is 78.8 Å². The monoisotopic (exact) mass is 818 g/mol. The maximum Gasteiger partial charge on any atom is 0.332 e. The second kappa shape index (κ2) is 15.5. The molecule has 0 amide bonds. The van der Waals surface area contributed by atoms with Gasteiger partial charge < -0.3 is 11.1 Å². The molecule has 4 saturated carbocycles. The summed E-state index contributed by atoms with van der Waals surface area (Å²) in [6.45, 7) is 0. The predicted molar refractivity (Wildman–Crippen MR) is 223 cm³/mol. The molecule has 4 aliphatic carbocycles. The molecule has 0 saturated heterocycles. The van der Waals surface area contributed by atoms with Crippen LogP contribution in [0.5, 0.6) is 0 Å². The second-order valence-electron chi connectivity index (χ2n) is 15.2. The van der Waals surface area contributed by atoms with Gasteiger partial charge in [0.25, 0.3) is 0 Å². The third kappa shape index (κ3) is 7.16. The highest BCUT2D eigenvalue weighted by Crippen LogP contribution is 2.39. The highest BCUT2D eigenvalue weighted by Gasteiger charge is 2.38. The zero-order chi connectivity index (χ0) is 38.6. The molecule has 16 nitrogen and oxygen atoms in total. The molecular formula is C40H40Cl2N14O2. The fourth-order valence-electron chi connectivity index (χ4n) is 7.83. The largest absolute Gasteiger partial charge is 0.351 e. The zero-order valence-corrected chi connectivity index (χ0v) is 32.8. The summed E-state index contributed by atoms with van der Waals surface area (Å²) in [5.41, 5.74) is 10.5. The van der Waals surface area contributed by atoms with E-state index in [-0.39, 0.29) is 54.0 Å². The van der Waals surface area contributed by atoms with Gasteiger partial charge in [-0.25, -0.2) is 49.5 Å². The summed E-state index contributed by atoms with van der Waals surface area (Å²) in [6.07, 6.45) is 17.8. The number of fused-ring (bicyclic) bond motifs is 4. The molecule has 2 aromatic carbocycles. The number of para-hydroxylation sites is 2. The molecule has 3 N–H and O–H groups in total. The minimum atomic E-state index is 0. The number of nitrogens with zero attached hydrogens (tertiary/aromatic N) is 12. The van der Waals surface area contributed by atoms with Crippen LogP contribution in [0.3, 0.4) is 0 Å². The van der Waals surface area contributed by atoms with Gasteiger partial charge in [-0.05, 0) is 75.1 Å². The number of hydrogen-bond acceptors (Lipinski definition) is 12. The predicted octanol–water partition coefficient (Wildman–Crippen LogP) is 5.98. The Morgan fingerprint density at radius 3 is 1.48 bits per heavy atom. The molecule has 0 spiro atoms. The molecule has 6 heterocycles. The van der Waals surface area contributed by atoms with Crippen molar-refractivity contribution in [1.29, 1.82) is 0 Å². The molecular weight excluding hydrogens is 779 g/mol. The van der Waals surface area contributed by atoms with Gasteiger partial charge in [-0.15, -0.1) is 12.4 Å². The third-order valence-electron chi connectivity index (χ3n) is 11.2. The number of benzene rings is 2. The lowest BCUT2D eigenvalue weighted by atomic mass is 9.86. The van der Waals surface area contributed by atoms with E-state index in [0.29, 0.717) is 34.2 Å². The summed E-state index contributed by atoms with van der Waals surface area (Å²) in [7, 11) is 0. The van der Waals surface area contributed by atoms with Gasteiger partial charge in [0.2, 0.25) is 11.2 Å². The standard InChI is InChI=1S/C20H19N7O.C12H15N5O.C8H5ClN2.ClH/c28-20-26(14-5-6-14)17-18(22-8-7-21-17)27(20)15-9-13(10-15)24-19-23-11-12-3-1-2-4-16(12)25-19;13-7-5-9(6-7)17-11-10(14-3-4-15-11)16(12(17)18)8-1-2-8;9-8-10-5-6-3-1-2-4-7(6)11-8;/h1-4,7-8,11,13-15H,5-6,9-10H2,(H,23,24,25);3-4,7-9H,1-2,5-6,13H2;1-5H;1H. The molecule has 0 unspecified atom stereocenters. The van der Waals surface area contributed by atoms with E-state index in [2.05, 4.69) is 45.2 Å². The van der Waals surface area contributed by atoms with Crippen molar-refractivity contribution in [3.05, 3.63) is 112 Å². The van der Waals surface area contributed by atoms with Crippen LogP contribution in [0.1, 0.15) is 75.5 Å². The minimum absolute atomic E-state index is 0. The summed E-state index contributed by atoms with van der Waals surface area (Å²) in [4.78, 5) is 60.0. The van der Waals surface area contributed by atoms with Crippen molar-refractivity contribution in [2.75, 3.05) is 5.32 Å². The molecule has 0 bridgehead atoms. The van der Waals surface area contributed by atoms with Crippen LogP contribution in [0.25, 0.3) is 44.4 Å². The van der Waals surface area contributed by atoms with Crippen LogP contribution in [0.2, 0.25) is 5.28 Å². The van der Waals surface area contributed by atoms with Crippen LogP contribution in [-0.4, -0.2) is 70.2 Å². The van der Waals surface area contributed by atoms with Crippen LogP contribution in [0.4, 0.5) is 5.95 Å². The summed E-state index contributed by atoms with van der Waals surface area (Å²) in [5.74, 6) is 0.634. The summed E-state index contributed by atoms with van der Waals surface area (Å²) < 4.78 is 7.27. The molecule has 4 fully saturated rings. The van der Waals surface area contributed by atoms with E-state index < -0.39 is 0 Å². The number of imidazole rings is 2. The van der Waals surface area contributed by atoms with E-state index in [1.807, 2.05) is 68.4 Å². The first-order valence-corrected chi connectivity index (χ1v) is 19.8. The van der Waals surface area contributed by atoms with Gasteiger partial charge in [-0.2, -0.15) is 0 Å². The number of aromatic nitrogens is 12. The van der Waals surface area contributed by atoms with Crippen LogP contribution in [-0.2, 0) is 0 Å². The van der Waals surface area contributed by atoms with Gasteiger partial charge in [-0.1, -0.05) is 36.4 Å². The Kier molecular flexibility index (Phi) is 10.1. The SMILES string of the molecule is Cl.Clc1ncc2ccccc2n1.NC1CC(n2c(=O)n(C3CC3)c3nccnc32)C1.O=c1n(C2CC2)c2nccnc2n1C1CC(Nc2ncc3ccccc3n2)C1. The van der Waals surface area contributed by atoms with E-state index in [9.17, 15) is 9.59 Å². The summed E-state index contributed by atoms with van der Waals surface area (Å²) >= 11 is 5.60. The highest BCUT2D eigenvalue weighted by atomic mass is 35.5. The van der Waals surface area contributed by atoms with Crippen molar-refractivity contribution in [2.45, 2.75) is 87.6 Å². The van der Waals surface area contributed by atoms with Crippen molar-refractivity contribution in [3.8, 4) is 0 Å². The minimum Gasteiger partial charge on any atom is -0.351 e. The number of anilines is 1. The first kappa shape index (κ1) is 37.7. The van der Waals surface area contributed by atoms with E-state index in [4.69, 9.17) is 17.3 Å². The molecule has 58 heavy (non-hydrogen) atoms. The number of rotatable bonds is 6. The molecule has 12 rings (SSSR count). The highest BCUT2D eigenvalue weighted by molar-refractivity contribution is 6.28. The molecule has 4 aliphatic rings. The van der Waals surface area contributed by atoms with Crippen molar-refractivity contribution in [1.82, 2.24) is 58.1 Å². The van der Waals surface area contributed by atoms with Crippen LogP contribution in [0, 0.1) is 0 Å². The molecule has 0 radical (unpaired) electrons. The average molecular weight is 820 g/mol. The number of nitrogens with two attached hydrogens (primary N) is 1. The van der Waals surface area contributed by atoms with Gasteiger partial charge in [0.1, 0.15) is 0 Å². The van der Waals surface area contributed by atoms with Crippen molar-refractivity contribution >= 4 is 74.4 Å². The van der Waals surface area contributed by atoms with Crippen LogP contribution >= 0.6 is 24.0 Å². The Morgan fingerprint density at radius 1 is 0.569 bits per heavy atom. The Labute approximate surface area is 342 Å². The van der Waals surface area contributed by atoms with E-state index in [1.54, 1.807) is 35.6 Å². The van der Waals surface area contributed by atoms with Gasteiger partial charge in [-0.3, -0.25) is 18.3 Å². The Balaban J connectivity index is 0.000000124. The van der Waals surface area contributed by atoms with Gasteiger partial charge in [0.05, 0.1) is 11.0 Å². The summed E-state index contributed by atoms with van der Waals surface area (Å²) in [5, 5.41) is 5.73. The van der Waals surface area contributed by atoms with Gasteiger partial charge in [0.15, 0.2) is 22.6 Å². The molecule has 0 aliphatic heterocycles. The molecule has 296 valence electrons. The summed E-state index contributed by atoms with van der Waals surface area (Å²) in [6, 6.07) is 17.1. The smallest absolute Gasteiger partial charge is 0.332 e. The number of hydrogen-bond donors (Lipinski definition) is 2. The molecule has 0 atom stereocenters. The number of halogens is 2. The Bertz CT molecular complexity index is 2890. The lowest BCUT2D eigenvalue weighted by Crippen LogP contribution is -2.41. The normalized spacial score (nSPS) is 20.9. The van der Waals surface area contributed by atoms with Crippen molar-refractivity contribution < 1.29 is 0 Å². The first-order chi connectivity index (χ1) is 27.9. The Hall–Kier alpha value is -5.84. The Morgan fingerprint density at radius 2 is 1.00 bits per heavy atom. The molecule has 6 aromatic heterocycles. The topological polar surface area (TPSA) is 195 Å². The fraction of sp³-hybridized carbons (Fsp3) is 0.350. The molecule has 18 heteroatoms.